The number of amides is 2. The quantitative estimate of drug-likeness (QED) is 0.373. The van der Waals surface area contributed by atoms with E-state index in [4.69, 9.17) is 0 Å². The number of carbonyl (C=O) groups excluding carboxylic acids is 1. The molecule has 9 nitrogen and oxygen atoms in total. The normalized spacial score (nSPS) is 11.6. The van der Waals surface area contributed by atoms with Gasteiger partial charge in [-0.15, -0.1) is 0 Å². The van der Waals surface area contributed by atoms with E-state index in [1.807, 2.05) is 27.7 Å². The summed E-state index contributed by atoms with van der Waals surface area (Å²) in [4.78, 5) is 30.3. The maximum absolute atomic E-state index is 14.8. The third-order valence-corrected chi connectivity index (χ3v) is 6.11. The molecule has 10 heteroatoms. The van der Waals surface area contributed by atoms with Crippen molar-refractivity contribution in [1.82, 2.24) is 19.3 Å². The summed E-state index contributed by atoms with van der Waals surface area (Å²) < 4.78 is 18.2. The fourth-order valence-corrected chi connectivity index (χ4v) is 4.24. The van der Waals surface area contributed by atoms with Crippen LogP contribution in [0.25, 0.3) is 22.0 Å². The highest BCUT2D eigenvalue weighted by Crippen LogP contribution is 2.29. The standard InChI is InChI=1S/C26H30FN7O2/c1-14-8-19(27)20(31-25(36)32-21-13-30-34(15(21)2)26(3,4)5)10-17(14)18-9-16-12-29-23(28-6)11-22(16)33(7)24(18)35/h8-13H,1-7H3,(H,28,29)(H2,31,32,36). The molecule has 0 bridgehead atoms. The molecule has 2 amide bonds. The summed E-state index contributed by atoms with van der Waals surface area (Å²) >= 11 is 0. The largest absolute Gasteiger partial charge is 0.373 e. The number of urea groups is 1. The summed E-state index contributed by atoms with van der Waals surface area (Å²) in [6.07, 6.45) is 3.24. The first kappa shape index (κ1) is 24.9. The van der Waals surface area contributed by atoms with E-state index in [1.54, 1.807) is 50.2 Å². The summed E-state index contributed by atoms with van der Waals surface area (Å²) in [5.41, 5.74) is 2.93. The zero-order chi connectivity index (χ0) is 26.4. The van der Waals surface area contributed by atoms with Crippen molar-refractivity contribution in [3.63, 3.8) is 0 Å². The molecule has 0 aliphatic rings. The highest BCUT2D eigenvalue weighted by atomic mass is 19.1. The van der Waals surface area contributed by atoms with Gasteiger partial charge in [0.15, 0.2) is 0 Å². The van der Waals surface area contributed by atoms with E-state index in [9.17, 15) is 14.0 Å². The molecule has 0 saturated carbocycles. The van der Waals surface area contributed by atoms with Gasteiger partial charge < -0.3 is 20.5 Å². The second kappa shape index (κ2) is 9.10. The Labute approximate surface area is 208 Å². The smallest absolute Gasteiger partial charge is 0.323 e. The monoisotopic (exact) mass is 491 g/mol. The van der Waals surface area contributed by atoms with Gasteiger partial charge in [-0.1, -0.05) is 0 Å². The van der Waals surface area contributed by atoms with E-state index in [1.165, 1.54) is 16.7 Å². The van der Waals surface area contributed by atoms with Gasteiger partial charge in [0, 0.05) is 37.3 Å². The number of aromatic nitrogens is 4. The average molecular weight is 492 g/mol. The molecule has 0 radical (unpaired) electrons. The van der Waals surface area contributed by atoms with Crippen molar-refractivity contribution in [2.45, 2.75) is 40.2 Å². The number of carbonyl (C=O) groups is 1. The summed E-state index contributed by atoms with van der Waals surface area (Å²) in [6, 6.07) is 5.70. The molecular formula is C26H30FN7O2. The molecule has 1 aromatic carbocycles. The van der Waals surface area contributed by atoms with Crippen LogP contribution in [0.3, 0.4) is 0 Å². The Morgan fingerprint density at radius 1 is 1.00 bits per heavy atom. The highest BCUT2D eigenvalue weighted by Gasteiger charge is 2.20. The van der Waals surface area contributed by atoms with Crippen LogP contribution in [0.5, 0.6) is 0 Å². The van der Waals surface area contributed by atoms with Gasteiger partial charge in [0.1, 0.15) is 11.6 Å². The van der Waals surface area contributed by atoms with Crippen molar-refractivity contribution in [2.75, 3.05) is 23.0 Å². The van der Waals surface area contributed by atoms with Gasteiger partial charge in [-0.3, -0.25) is 9.48 Å². The summed E-state index contributed by atoms with van der Waals surface area (Å²) in [6.45, 7) is 9.59. The molecule has 0 unspecified atom stereocenters. The number of rotatable bonds is 4. The molecule has 4 aromatic rings. The first-order chi connectivity index (χ1) is 16.9. The van der Waals surface area contributed by atoms with Crippen LogP contribution in [-0.4, -0.2) is 32.4 Å². The topological polar surface area (TPSA) is 106 Å². The molecule has 3 N–H and O–H groups in total. The highest BCUT2D eigenvalue weighted by molar-refractivity contribution is 6.00. The third-order valence-electron chi connectivity index (χ3n) is 6.11. The molecule has 0 spiro atoms. The molecule has 0 aliphatic heterocycles. The number of nitrogens with one attached hydrogen (secondary N) is 3. The van der Waals surface area contributed by atoms with Crippen molar-refractivity contribution in [1.29, 1.82) is 0 Å². The number of hydrogen-bond donors (Lipinski definition) is 3. The summed E-state index contributed by atoms with van der Waals surface area (Å²) in [7, 11) is 3.43. The van der Waals surface area contributed by atoms with Crippen LogP contribution in [0.2, 0.25) is 0 Å². The van der Waals surface area contributed by atoms with Crippen molar-refractivity contribution in [2.24, 2.45) is 7.05 Å². The van der Waals surface area contributed by atoms with Crippen LogP contribution >= 0.6 is 0 Å². The number of fused-ring (bicyclic) bond motifs is 1. The molecule has 0 aliphatic carbocycles. The Kier molecular flexibility index (Phi) is 6.30. The fraction of sp³-hybridized carbons (Fsp3) is 0.308. The minimum atomic E-state index is -0.615. The number of aryl methyl sites for hydroxylation is 2. The molecule has 0 atom stereocenters. The lowest BCUT2D eigenvalue weighted by atomic mass is 9.99. The number of pyridine rings is 2. The number of anilines is 3. The average Bonchev–Trinajstić information content (AvgIpc) is 3.18. The van der Waals surface area contributed by atoms with Crippen molar-refractivity contribution >= 4 is 34.1 Å². The Hall–Kier alpha value is -4.21. The van der Waals surface area contributed by atoms with E-state index in [0.29, 0.717) is 33.7 Å². The predicted molar refractivity (Wildman–Crippen MR) is 141 cm³/mol. The molecule has 0 fully saturated rings. The zero-order valence-electron chi connectivity index (χ0n) is 21.4. The predicted octanol–water partition coefficient (Wildman–Crippen LogP) is 4.99. The molecule has 3 heterocycles. The van der Waals surface area contributed by atoms with E-state index in [2.05, 4.69) is 26.0 Å². The second-order valence-electron chi connectivity index (χ2n) is 9.75. The van der Waals surface area contributed by atoms with Crippen LogP contribution in [0.4, 0.5) is 26.4 Å². The van der Waals surface area contributed by atoms with Gasteiger partial charge in [-0.25, -0.2) is 14.2 Å². The number of halogens is 1. The van der Waals surface area contributed by atoms with Crippen LogP contribution in [-0.2, 0) is 12.6 Å². The van der Waals surface area contributed by atoms with Crippen LogP contribution in [0.15, 0.2) is 41.5 Å². The van der Waals surface area contributed by atoms with Gasteiger partial charge in [0.05, 0.1) is 34.3 Å². The molecule has 36 heavy (non-hydrogen) atoms. The van der Waals surface area contributed by atoms with Crippen molar-refractivity contribution in [3.8, 4) is 11.1 Å². The fourth-order valence-electron chi connectivity index (χ4n) is 4.24. The van der Waals surface area contributed by atoms with Crippen LogP contribution < -0.4 is 21.5 Å². The maximum atomic E-state index is 14.8. The van der Waals surface area contributed by atoms with E-state index >= 15 is 0 Å². The van der Waals surface area contributed by atoms with Gasteiger partial charge in [0.2, 0.25) is 0 Å². The molecule has 3 aromatic heterocycles. The second-order valence-corrected chi connectivity index (χ2v) is 9.75. The number of hydrogen-bond acceptors (Lipinski definition) is 5. The molecule has 4 rings (SSSR count). The van der Waals surface area contributed by atoms with Crippen LogP contribution in [0, 0.1) is 19.7 Å². The zero-order valence-corrected chi connectivity index (χ0v) is 21.4. The Balaban J connectivity index is 1.69. The van der Waals surface area contributed by atoms with Crippen LogP contribution in [0.1, 0.15) is 32.0 Å². The van der Waals surface area contributed by atoms with E-state index in [-0.39, 0.29) is 16.8 Å². The Bertz CT molecular complexity index is 1550. The number of benzene rings is 1. The minimum Gasteiger partial charge on any atom is -0.373 e. The lowest BCUT2D eigenvalue weighted by molar-refractivity contribution is 0.262. The minimum absolute atomic E-state index is 0.0419. The Morgan fingerprint density at radius 3 is 2.33 bits per heavy atom. The summed E-state index contributed by atoms with van der Waals surface area (Å²) in [5, 5.41) is 13.4. The van der Waals surface area contributed by atoms with Gasteiger partial charge >= 0.3 is 6.03 Å². The third kappa shape index (κ3) is 4.53. The lowest BCUT2D eigenvalue weighted by Gasteiger charge is -2.21. The SMILES string of the molecule is CNc1cc2c(cn1)cc(-c1cc(NC(=O)Nc3cnn(C(C)(C)C)c3C)c(F)cc1C)c(=O)n2C. The van der Waals surface area contributed by atoms with E-state index < -0.39 is 11.8 Å². The van der Waals surface area contributed by atoms with Gasteiger partial charge in [0.25, 0.3) is 5.56 Å². The molecule has 188 valence electrons. The lowest BCUT2D eigenvalue weighted by Crippen LogP contribution is -2.25. The Morgan fingerprint density at radius 2 is 1.69 bits per heavy atom. The van der Waals surface area contributed by atoms with Crippen molar-refractivity contribution < 1.29 is 9.18 Å². The summed E-state index contributed by atoms with van der Waals surface area (Å²) in [5.74, 6) is 0.0374. The first-order valence-electron chi connectivity index (χ1n) is 11.5. The molecule has 0 saturated heterocycles. The van der Waals surface area contributed by atoms with Gasteiger partial charge in [-0.2, -0.15) is 5.10 Å². The van der Waals surface area contributed by atoms with Gasteiger partial charge in [-0.05, 0) is 63.9 Å². The first-order valence-corrected chi connectivity index (χ1v) is 11.5. The van der Waals surface area contributed by atoms with E-state index in [0.717, 1.165) is 11.1 Å². The maximum Gasteiger partial charge on any atom is 0.323 e. The molecular weight excluding hydrogens is 461 g/mol. The van der Waals surface area contributed by atoms with Crippen molar-refractivity contribution in [3.05, 3.63) is 64.1 Å². The number of nitrogens with zero attached hydrogens (tertiary/aromatic N) is 4.